The van der Waals surface area contributed by atoms with Crippen LogP contribution < -0.4 is 16.0 Å². The number of benzene rings is 2. The van der Waals surface area contributed by atoms with E-state index in [-0.39, 0.29) is 23.9 Å². The van der Waals surface area contributed by atoms with Crippen molar-refractivity contribution in [2.24, 2.45) is 11.7 Å². The van der Waals surface area contributed by atoms with Gasteiger partial charge in [0, 0.05) is 35.9 Å². The molecule has 2 aromatic carbocycles. The molecule has 25 heavy (non-hydrogen) atoms. The van der Waals surface area contributed by atoms with Gasteiger partial charge in [-0.25, -0.2) is 0 Å². The Balaban J connectivity index is 1.57. The predicted molar refractivity (Wildman–Crippen MR) is 103 cm³/mol. The first-order valence-electron chi connectivity index (χ1n) is 8.66. The minimum absolute atomic E-state index is 0.00861. The zero-order valence-electron chi connectivity index (χ0n) is 14.4. The fourth-order valence-electron chi connectivity index (χ4n) is 3.25. The van der Waals surface area contributed by atoms with E-state index in [1.807, 2.05) is 61.5 Å². The number of anilines is 1. The van der Waals surface area contributed by atoms with Crippen LogP contribution in [0.5, 0.6) is 0 Å². The molecule has 3 N–H and O–H groups in total. The van der Waals surface area contributed by atoms with E-state index in [1.54, 1.807) is 0 Å². The first-order valence-corrected chi connectivity index (χ1v) is 9.04. The highest BCUT2D eigenvalue weighted by Gasteiger charge is 2.28. The number of nitrogens with zero attached hydrogens (tertiary/aromatic N) is 1. The van der Waals surface area contributed by atoms with Crippen molar-refractivity contribution in [3.05, 3.63) is 65.2 Å². The number of carbonyl (C=O) groups excluding carboxylic acids is 1. The highest BCUT2D eigenvalue weighted by atomic mass is 35.5. The molecule has 2 aromatic rings. The third kappa shape index (κ3) is 4.33. The Morgan fingerprint density at radius 1 is 1.24 bits per heavy atom. The summed E-state index contributed by atoms with van der Waals surface area (Å²) in [5.41, 5.74) is 8.34. The van der Waals surface area contributed by atoms with Gasteiger partial charge in [-0.1, -0.05) is 54.9 Å². The maximum absolute atomic E-state index is 12.6. The molecule has 0 aliphatic carbocycles. The minimum atomic E-state index is -0.299. The Morgan fingerprint density at radius 2 is 2.00 bits per heavy atom. The zero-order chi connectivity index (χ0) is 17.8. The predicted octanol–water partition coefficient (Wildman–Crippen LogP) is 3.37. The molecule has 3 unspecified atom stereocenters. The molecule has 1 fully saturated rings. The van der Waals surface area contributed by atoms with Crippen molar-refractivity contribution >= 4 is 23.2 Å². The number of nitrogens with two attached hydrogens (primary N) is 1. The lowest BCUT2D eigenvalue weighted by Crippen LogP contribution is -2.42. The molecule has 0 spiro atoms. The van der Waals surface area contributed by atoms with Crippen molar-refractivity contribution in [1.29, 1.82) is 0 Å². The molecule has 3 atom stereocenters. The van der Waals surface area contributed by atoms with E-state index in [0.29, 0.717) is 0 Å². The van der Waals surface area contributed by atoms with Crippen LogP contribution in [0.3, 0.4) is 0 Å². The lowest BCUT2D eigenvalue weighted by Gasteiger charge is -2.23. The molecule has 1 saturated heterocycles. The van der Waals surface area contributed by atoms with E-state index < -0.39 is 0 Å². The van der Waals surface area contributed by atoms with Gasteiger partial charge in [0.15, 0.2) is 0 Å². The lowest BCUT2D eigenvalue weighted by molar-refractivity contribution is -0.125. The second-order valence-corrected chi connectivity index (χ2v) is 7.08. The van der Waals surface area contributed by atoms with Crippen LogP contribution >= 0.6 is 11.6 Å². The molecule has 0 bridgehead atoms. The number of carbonyl (C=O) groups is 1. The van der Waals surface area contributed by atoms with Gasteiger partial charge in [-0.15, -0.1) is 0 Å². The Morgan fingerprint density at radius 3 is 2.72 bits per heavy atom. The maximum atomic E-state index is 12.6. The average molecular weight is 358 g/mol. The summed E-state index contributed by atoms with van der Waals surface area (Å²) in [5, 5.41) is 3.88. The van der Waals surface area contributed by atoms with Gasteiger partial charge in [-0.2, -0.15) is 0 Å². The van der Waals surface area contributed by atoms with Gasteiger partial charge in [0.1, 0.15) is 0 Å². The van der Waals surface area contributed by atoms with E-state index in [1.165, 1.54) is 0 Å². The van der Waals surface area contributed by atoms with Gasteiger partial charge in [0.2, 0.25) is 5.91 Å². The van der Waals surface area contributed by atoms with Crippen LogP contribution in [0.25, 0.3) is 0 Å². The molecular formula is C20H24ClN3O. The molecule has 3 rings (SSSR count). The molecule has 4 nitrogen and oxygen atoms in total. The molecule has 0 aromatic heterocycles. The summed E-state index contributed by atoms with van der Waals surface area (Å²) >= 11 is 6.07. The molecule has 1 aliphatic rings. The SMILES string of the molecule is CC(C(=O)NC1CCN(c2cccc(Cl)c2)C1)C(N)c1ccccc1. The summed E-state index contributed by atoms with van der Waals surface area (Å²) in [4.78, 5) is 14.8. The smallest absolute Gasteiger partial charge is 0.225 e. The second-order valence-electron chi connectivity index (χ2n) is 6.65. The van der Waals surface area contributed by atoms with E-state index in [2.05, 4.69) is 10.2 Å². The van der Waals surface area contributed by atoms with Gasteiger partial charge in [-0.05, 0) is 30.2 Å². The third-order valence-electron chi connectivity index (χ3n) is 4.84. The number of amides is 1. The number of hydrogen-bond acceptors (Lipinski definition) is 3. The van der Waals surface area contributed by atoms with E-state index in [9.17, 15) is 4.79 Å². The van der Waals surface area contributed by atoms with Crippen molar-refractivity contribution in [3.8, 4) is 0 Å². The topological polar surface area (TPSA) is 58.4 Å². The Bertz CT molecular complexity index is 722. The van der Waals surface area contributed by atoms with Crippen LogP contribution in [0.2, 0.25) is 5.02 Å². The molecular weight excluding hydrogens is 334 g/mol. The van der Waals surface area contributed by atoms with Gasteiger partial charge >= 0.3 is 0 Å². The first-order chi connectivity index (χ1) is 12.0. The quantitative estimate of drug-likeness (QED) is 0.862. The summed E-state index contributed by atoms with van der Waals surface area (Å²) < 4.78 is 0. The van der Waals surface area contributed by atoms with E-state index in [4.69, 9.17) is 17.3 Å². The van der Waals surface area contributed by atoms with Gasteiger partial charge in [-0.3, -0.25) is 4.79 Å². The normalized spacial score (nSPS) is 19.5. The molecule has 0 saturated carbocycles. The Labute approximate surface area is 154 Å². The van der Waals surface area contributed by atoms with Crippen LogP contribution in [0.15, 0.2) is 54.6 Å². The van der Waals surface area contributed by atoms with Gasteiger partial charge < -0.3 is 16.0 Å². The second kappa shape index (κ2) is 7.89. The third-order valence-corrected chi connectivity index (χ3v) is 5.08. The molecule has 1 amide bonds. The molecule has 5 heteroatoms. The molecule has 1 heterocycles. The fourth-order valence-corrected chi connectivity index (χ4v) is 3.43. The standard InChI is InChI=1S/C20H24ClN3O/c1-14(19(22)15-6-3-2-4-7-15)20(25)23-17-10-11-24(13-17)18-9-5-8-16(21)12-18/h2-9,12,14,17,19H,10-11,13,22H2,1H3,(H,23,25). The highest BCUT2D eigenvalue weighted by molar-refractivity contribution is 6.30. The zero-order valence-corrected chi connectivity index (χ0v) is 15.1. The monoisotopic (exact) mass is 357 g/mol. The lowest BCUT2D eigenvalue weighted by atomic mass is 9.94. The van der Waals surface area contributed by atoms with Crippen molar-refractivity contribution in [2.75, 3.05) is 18.0 Å². The average Bonchev–Trinajstić information content (AvgIpc) is 3.09. The Kier molecular flexibility index (Phi) is 5.61. The fraction of sp³-hybridized carbons (Fsp3) is 0.350. The van der Waals surface area contributed by atoms with Crippen LogP contribution in [0, 0.1) is 5.92 Å². The van der Waals surface area contributed by atoms with Crippen LogP contribution in [-0.4, -0.2) is 25.0 Å². The van der Waals surface area contributed by atoms with E-state index >= 15 is 0 Å². The summed E-state index contributed by atoms with van der Waals surface area (Å²) in [5.74, 6) is -0.267. The van der Waals surface area contributed by atoms with Gasteiger partial charge in [0.25, 0.3) is 0 Å². The maximum Gasteiger partial charge on any atom is 0.225 e. The Hall–Kier alpha value is -2.04. The van der Waals surface area contributed by atoms with Gasteiger partial charge in [0.05, 0.1) is 5.92 Å². The van der Waals surface area contributed by atoms with Crippen LogP contribution in [-0.2, 0) is 4.79 Å². The molecule has 1 aliphatic heterocycles. The highest BCUT2D eigenvalue weighted by Crippen LogP contribution is 2.24. The minimum Gasteiger partial charge on any atom is -0.369 e. The van der Waals surface area contributed by atoms with Crippen LogP contribution in [0.1, 0.15) is 24.9 Å². The van der Waals surface area contributed by atoms with Crippen LogP contribution in [0.4, 0.5) is 5.69 Å². The van der Waals surface area contributed by atoms with Crippen molar-refractivity contribution in [1.82, 2.24) is 5.32 Å². The van der Waals surface area contributed by atoms with Crippen molar-refractivity contribution < 1.29 is 4.79 Å². The summed E-state index contributed by atoms with van der Waals surface area (Å²) in [7, 11) is 0. The summed E-state index contributed by atoms with van der Waals surface area (Å²) in [6.07, 6.45) is 0.922. The summed E-state index contributed by atoms with van der Waals surface area (Å²) in [6, 6.07) is 17.4. The van der Waals surface area contributed by atoms with E-state index in [0.717, 1.165) is 35.8 Å². The number of halogens is 1. The van der Waals surface area contributed by atoms with Crippen molar-refractivity contribution in [2.45, 2.75) is 25.4 Å². The number of nitrogens with one attached hydrogen (secondary N) is 1. The number of rotatable bonds is 5. The molecule has 132 valence electrons. The largest absolute Gasteiger partial charge is 0.369 e. The van der Waals surface area contributed by atoms with Crippen molar-refractivity contribution in [3.63, 3.8) is 0 Å². The first kappa shape index (κ1) is 17.8. The summed E-state index contributed by atoms with van der Waals surface area (Å²) in [6.45, 7) is 3.58. The number of hydrogen-bond donors (Lipinski definition) is 2. The molecule has 0 radical (unpaired) electrons.